The maximum Gasteiger partial charge on any atom is 0.255 e. The number of aromatic nitrogens is 3. The number of nitrogens with zero attached hydrogens (tertiary/aromatic N) is 5. The summed E-state index contributed by atoms with van der Waals surface area (Å²) in [6.45, 7) is 7.25. The number of amides is 1. The molecule has 1 aliphatic heterocycles. The zero-order valence-electron chi connectivity index (χ0n) is 16.3. The molecule has 1 saturated heterocycles. The van der Waals surface area contributed by atoms with E-state index in [1.165, 1.54) is 0 Å². The average molecular weight is 411 g/mol. The molecule has 2 aromatic carbocycles. The topological polar surface area (TPSA) is 66.3 Å². The van der Waals surface area contributed by atoms with Crippen LogP contribution in [0.15, 0.2) is 55.1 Å². The van der Waals surface area contributed by atoms with Gasteiger partial charge in [-0.15, -0.1) is 10.2 Å². The Morgan fingerprint density at radius 1 is 1.03 bits per heavy atom. The summed E-state index contributed by atoms with van der Waals surface area (Å²) < 4.78 is 1.78. The standard InChI is InChI=1S/C21H23ClN6O/c1-2-26-9-11-27(12-10-26)20-8-5-17(13-19(20)22)25-21(29)16-3-6-18(7-4-16)28-14-23-24-15-28/h3-8,13-15H,2,9-12H2,1H3,(H,25,29). The molecular formula is C21H23ClN6O. The van der Waals surface area contributed by atoms with E-state index in [1.807, 2.05) is 30.3 Å². The molecule has 0 aliphatic carbocycles. The Kier molecular flexibility index (Phi) is 5.78. The number of hydrogen-bond acceptors (Lipinski definition) is 5. The number of nitrogens with one attached hydrogen (secondary N) is 1. The van der Waals surface area contributed by atoms with Crippen LogP contribution in [0.5, 0.6) is 0 Å². The molecule has 3 aromatic rings. The van der Waals surface area contributed by atoms with Crippen molar-refractivity contribution in [1.29, 1.82) is 0 Å². The van der Waals surface area contributed by atoms with E-state index in [2.05, 4.69) is 32.2 Å². The lowest BCUT2D eigenvalue weighted by Crippen LogP contribution is -2.46. The van der Waals surface area contributed by atoms with Crippen molar-refractivity contribution in [3.05, 3.63) is 65.7 Å². The number of halogens is 1. The number of rotatable bonds is 5. The summed E-state index contributed by atoms with van der Waals surface area (Å²) in [7, 11) is 0. The number of carbonyl (C=O) groups is 1. The lowest BCUT2D eigenvalue weighted by molar-refractivity contribution is 0.102. The van der Waals surface area contributed by atoms with Crippen molar-refractivity contribution in [2.24, 2.45) is 0 Å². The Hall–Kier alpha value is -2.90. The SMILES string of the molecule is CCN1CCN(c2ccc(NC(=O)c3ccc(-n4cnnc4)cc3)cc2Cl)CC1. The lowest BCUT2D eigenvalue weighted by atomic mass is 10.1. The molecule has 1 aliphatic rings. The number of anilines is 2. The number of carbonyl (C=O) groups excluding carboxylic acids is 1. The van der Waals surface area contributed by atoms with Crippen molar-refractivity contribution >= 4 is 28.9 Å². The summed E-state index contributed by atoms with van der Waals surface area (Å²) in [6, 6.07) is 12.9. The molecule has 1 amide bonds. The fraction of sp³-hybridized carbons (Fsp3) is 0.286. The predicted molar refractivity (Wildman–Crippen MR) is 115 cm³/mol. The maximum atomic E-state index is 12.6. The number of hydrogen-bond donors (Lipinski definition) is 1. The van der Waals surface area contributed by atoms with Crippen molar-refractivity contribution in [3.63, 3.8) is 0 Å². The van der Waals surface area contributed by atoms with Crippen LogP contribution < -0.4 is 10.2 Å². The normalized spacial score (nSPS) is 14.8. The third kappa shape index (κ3) is 4.41. The van der Waals surface area contributed by atoms with E-state index >= 15 is 0 Å². The second-order valence-electron chi connectivity index (χ2n) is 6.96. The molecule has 1 N–H and O–H groups in total. The van der Waals surface area contributed by atoms with Gasteiger partial charge in [0.2, 0.25) is 0 Å². The van der Waals surface area contributed by atoms with Crippen LogP contribution in [-0.4, -0.2) is 58.3 Å². The van der Waals surface area contributed by atoms with Gasteiger partial charge >= 0.3 is 0 Å². The van der Waals surface area contributed by atoms with Gasteiger partial charge in [-0.1, -0.05) is 18.5 Å². The fourth-order valence-electron chi connectivity index (χ4n) is 3.47. The summed E-state index contributed by atoms with van der Waals surface area (Å²) in [5, 5.41) is 11.1. The first-order valence-corrected chi connectivity index (χ1v) is 10.0. The van der Waals surface area contributed by atoms with Crippen molar-refractivity contribution in [1.82, 2.24) is 19.7 Å². The van der Waals surface area contributed by atoms with Crippen LogP contribution in [-0.2, 0) is 0 Å². The zero-order chi connectivity index (χ0) is 20.2. The molecule has 2 heterocycles. The first-order chi connectivity index (χ1) is 14.1. The van der Waals surface area contributed by atoms with Gasteiger partial charge in [0.1, 0.15) is 12.7 Å². The molecule has 0 spiro atoms. The highest BCUT2D eigenvalue weighted by Gasteiger charge is 2.18. The van der Waals surface area contributed by atoms with Gasteiger partial charge in [0.05, 0.1) is 10.7 Å². The van der Waals surface area contributed by atoms with Crippen LogP contribution >= 0.6 is 11.6 Å². The smallest absolute Gasteiger partial charge is 0.255 e. The highest BCUT2D eigenvalue weighted by molar-refractivity contribution is 6.33. The van der Waals surface area contributed by atoms with E-state index < -0.39 is 0 Å². The Morgan fingerprint density at radius 2 is 1.72 bits per heavy atom. The Bertz CT molecular complexity index is 965. The highest BCUT2D eigenvalue weighted by Crippen LogP contribution is 2.30. The van der Waals surface area contributed by atoms with Crippen molar-refractivity contribution in [3.8, 4) is 5.69 Å². The summed E-state index contributed by atoms with van der Waals surface area (Å²) in [5.41, 5.74) is 3.15. The van der Waals surface area contributed by atoms with Crippen LogP contribution in [0.25, 0.3) is 5.69 Å². The average Bonchev–Trinajstić information content (AvgIpc) is 3.29. The van der Waals surface area contributed by atoms with Crippen LogP contribution in [0.2, 0.25) is 5.02 Å². The van der Waals surface area contributed by atoms with Gasteiger partial charge in [0.25, 0.3) is 5.91 Å². The van der Waals surface area contributed by atoms with E-state index in [1.54, 1.807) is 29.4 Å². The Morgan fingerprint density at radius 3 is 2.34 bits per heavy atom. The van der Waals surface area contributed by atoms with Gasteiger partial charge < -0.3 is 15.1 Å². The molecule has 1 fully saturated rings. The zero-order valence-corrected chi connectivity index (χ0v) is 17.0. The van der Waals surface area contributed by atoms with Crippen LogP contribution in [0, 0.1) is 0 Å². The number of likely N-dealkylation sites (N-methyl/N-ethyl adjacent to an activating group) is 1. The van der Waals surface area contributed by atoms with E-state index in [0.29, 0.717) is 16.3 Å². The van der Waals surface area contributed by atoms with Crippen LogP contribution in [0.3, 0.4) is 0 Å². The summed E-state index contributed by atoms with van der Waals surface area (Å²) in [5.74, 6) is -0.180. The predicted octanol–water partition coefficient (Wildman–Crippen LogP) is 3.31. The third-order valence-electron chi connectivity index (χ3n) is 5.21. The monoisotopic (exact) mass is 410 g/mol. The molecule has 7 nitrogen and oxygen atoms in total. The van der Waals surface area contributed by atoms with Gasteiger partial charge in [-0.3, -0.25) is 9.36 Å². The number of benzene rings is 2. The molecular weight excluding hydrogens is 388 g/mol. The molecule has 1 aromatic heterocycles. The second-order valence-corrected chi connectivity index (χ2v) is 7.36. The van der Waals surface area contributed by atoms with Gasteiger partial charge in [0.15, 0.2) is 0 Å². The fourth-order valence-corrected chi connectivity index (χ4v) is 3.77. The van der Waals surface area contributed by atoms with Crippen molar-refractivity contribution < 1.29 is 4.79 Å². The van der Waals surface area contributed by atoms with E-state index in [0.717, 1.165) is 44.1 Å². The quantitative estimate of drug-likeness (QED) is 0.699. The van der Waals surface area contributed by atoms with Crippen LogP contribution in [0.4, 0.5) is 11.4 Å². The van der Waals surface area contributed by atoms with Crippen molar-refractivity contribution in [2.75, 3.05) is 42.9 Å². The maximum absolute atomic E-state index is 12.6. The minimum absolute atomic E-state index is 0.180. The first-order valence-electron chi connectivity index (χ1n) is 9.67. The van der Waals surface area contributed by atoms with Gasteiger partial charge in [-0.25, -0.2) is 0 Å². The minimum Gasteiger partial charge on any atom is -0.368 e. The lowest BCUT2D eigenvalue weighted by Gasteiger charge is -2.36. The summed E-state index contributed by atoms with van der Waals surface area (Å²) in [6.07, 6.45) is 3.22. The molecule has 8 heteroatoms. The molecule has 0 bridgehead atoms. The summed E-state index contributed by atoms with van der Waals surface area (Å²) in [4.78, 5) is 17.3. The molecule has 4 rings (SSSR count). The van der Waals surface area contributed by atoms with Gasteiger partial charge in [-0.05, 0) is 49.0 Å². The molecule has 0 unspecified atom stereocenters. The molecule has 0 radical (unpaired) electrons. The molecule has 0 atom stereocenters. The van der Waals surface area contributed by atoms with Gasteiger partial charge in [-0.2, -0.15) is 0 Å². The molecule has 0 saturated carbocycles. The van der Waals surface area contributed by atoms with Gasteiger partial charge in [0, 0.05) is 43.1 Å². The largest absolute Gasteiger partial charge is 0.368 e. The third-order valence-corrected chi connectivity index (χ3v) is 5.51. The Labute approximate surface area is 174 Å². The summed E-state index contributed by atoms with van der Waals surface area (Å²) >= 11 is 6.52. The molecule has 29 heavy (non-hydrogen) atoms. The van der Waals surface area contributed by atoms with E-state index in [-0.39, 0.29) is 5.91 Å². The van der Waals surface area contributed by atoms with Crippen LogP contribution in [0.1, 0.15) is 17.3 Å². The highest BCUT2D eigenvalue weighted by atomic mass is 35.5. The van der Waals surface area contributed by atoms with E-state index in [9.17, 15) is 4.79 Å². The van der Waals surface area contributed by atoms with E-state index in [4.69, 9.17) is 11.6 Å². The molecule has 150 valence electrons. The second kappa shape index (κ2) is 8.63. The number of piperazine rings is 1. The Balaban J connectivity index is 1.41. The first kappa shape index (κ1) is 19.4. The minimum atomic E-state index is -0.180. The van der Waals surface area contributed by atoms with Crippen molar-refractivity contribution in [2.45, 2.75) is 6.92 Å².